The number of nitriles is 1. The van der Waals surface area contributed by atoms with Gasteiger partial charge in [-0.1, -0.05) is 0 Å². The van der Waals surface area contributed by atoms with E-state index in [0.29, 0.717) is 30.0 Å². The molecule has 0 aliphatic carbocycles. The van der Waals surface area contributed by atoms with Crippen LogP contribution in [0.1, 0.15) is 40.0 Å². The summed E-state index contributed by atoms with van der Waals surface area (Å²) in [7, 11) is 1.85. The number of hydrogen-bond acceptors (Lipinski definition) is 6. The number of amides is 3. The summed E-state index contributed by atoms with van der Waals surface area (Å²) in [5.74, 6) is -1.64. The van der Waals surface area contributed by atoms with E-state index in [0.717, 1.165) is 25.2 Å². The van der Waals surface area contributed by atoms with Crippen molar-refractivity contribution in [2.45, 2.75) is 32.0 Å². The first-order valence-electron chi connectivity index (χ1n) is 11.3. The average Bonchev–Trinajstić information content (AvgIpc) is 3.32. The van der Waals surface area contributed by atoms with Crippen LogP contribution in [0, 0.1) is 17.1 Å². The lowest BCUT2D eigenvalue weighted by atomic mass is 10.0. The number of carbonyl (C=O) groups excluding carboxylic acids is 3. The molecule has 1 aromatic heterocycles. The molecular weight excluding hydrogens is 439 g/mol. The average molecular weight is 465 g/mol. The number of nitrogens with one attached hydrogen (secondary N) is 1. The summed E-state index contributed by atoms with van der Waals surface area (Å²) in [6.45, 7) is 3.72. The number of halogens is 1. The van der Waals surface area contributed by atoms with Gasteiger partial charge in [-0.15, -0.1) is 0 Å². The van der Waals surface area contributed by atoms with Gasteiger partial charge in [0.2, 0.25) is 11.8 Å². The van der Waals surface area contributed by atoms with Crippen LogP contribution in [0.15, 0.2) is 24.4 Å². The van der Waals surface area contributed by atoms with Gasteiger partial charge in [0.15, 0.2) is 0 Å². The Morgan fingerprint density at radius 3 is 2.59 bits per heavy atom. The molecule has 10 heteroatoms. The predicted molar refractivity (Wildman–Crippen MR) is 120 cm³/mol. The molecule has 34 heavy (non-hydrogen) atoms. The third kappa shape index (κ3) is 3.92. The standard InChI is InChI=1S/C24H25FN6O3/c1-28-12-15(8-17(28)11-26)13-29-4-6-30(7-5-29)21-9-16-14-31(24(34)18(16)10-19(21)25)20-2-3-22(32)27-23(20)33/h8-10,12,20H,2-7,13-14H2,1H3,(H,27,32,33). The van der Waals surface area contributed by atoms with Crippen molar-refractivity contribution in [3.8, 4) is 6.07 Å². The Hall–Kier alpha value is -3.71. The molecule has 2 fully saturated rings. The van der Waals surface area contributed by atoms with Crippen LogP contribution in [0.25, 0.3) is 0 Å². The van der Waals surface area contributed by atoms with Crippen molar-refractivity contribution in [3.05, 3.63) is 52.6 Å². The highest BCUT2D eigenvalue weighted by Crippen LogP contribution is 2.33. The van der Waals surface area contributed by atoms with E-state index in [-0.39, 0.29) is 36.8 Å². The Kier molecular flexibility index (Phi) is 5.57. The number of aryl methyl sites for hydroxylation is 1. The SMILES string of the molecule is Cn1cc(CN2CCN(c3cc4c(cc3F)C(=O)N(C3CCC(=O)NC3=O)C4)CC2)cc1C#N. The predicted octanol–water partition coefficient (Wildman–Crippen LogP) is 1.12. The molecule has 3 amide bonds. The first kappa shape index (κ1) is 22.1. The summed E-state index contributed by atoms with van der Waals surface area (Å²) in [4.78, 5) is 42.3. The van der Waals surface area contributed by atoms with Crippen LogP contribution in [0.5, 0.6) is 0 Å². The number of rotatable bonds is 4. The second-order valence-corrected chi connectivity index (χ2v) is 9.08. The molecule has 1 N–H and O–H groups in total. The van der Waals surface area contributed by atoms with Crippen molar-refractivity contribution >= 4 is 23.4 Å². The molecule has 2 saturated heterocycles. The van der Waals surface area contributed by atoms with Gasteiger partial charge in [-0.25, -0.2) is 4.39 Å². The van der Waals surface area contributed by atoms with Gasteiger partial charge in [-0.3, -0.25) is 24.6 Å². The van der Waals surface area contributed by atoms with E-state index in [1.54, 1.807) is 6.07 Å². The summed E-state index contributed by atoms with van der Waals surface area (Å²) in [6.07, 6.45) is 2.41. The Labute approximate surface area is 196 Å². The van der Waals surface area contributed by atoms with E-state index in [9.17, 15) is 14.4 Å². The van der Waals surface area contributed by atoms with Crippen LogP contribution >= 0.6 is 0 Å². The highest BCUT2D eigenvalue weighted by molar-refractivity contribution is 6.05. The molecule has 0 bridgehead atoms. The van der Waals surface area contributed by atoms with Crippen molar-refractivity contribution in [1.82, 2.24) is 19.7 Å². The molecule has 4 heterocycles. The number of carbonyl (C=O) groups is 3. The number of imide groups is 1. The highest BCUT2D eigenvalue weighted by Gasteiger charge is 2.40. The fourth-order valence-electron chi connectivity index (χ4n) is 5.05. The number of piperidine rings is 1. The Morgan fingerprint density at radius 1 is 1.15 bits per heavy atom. The minimum absolute atomic E-state index is 0.182. The number of nitrogens with zero attached hydrogens (tertiary/aromatic N) is 5. The van der Waals surface area contributed by atoms with Crippen molar-refractivity contribution in [2.24, 2.45) is 7.05 Å². The second kappa shape index (κ2) is 8.57. The van der Waals surface area contributed by atoms with Crippen molar-refractivity contribution in [1.29, 1.82) is 5.26 Å². The summed E-state index contributed by atoms with van der Waals surface area (Å²) in [6, 6.07) is 6.34. The zero-order valence-electron chi connectivity index (χ0n) is 18.9. The molecule has 9 nitrogen and oxygen atoms in total. The first-order valence-corrected chi connectivity index (χ1v) is 11.3. The van der Waals surface area contributed by atoms with Gasteiger partial charge < -0.3 is 14.4 Å². The smallest absolute Gasteiger partial charge is 0.255 e. The third-order valence-corrected chi connectivity index (χ3v) is 6.89. The molecule has 2 aromatic rings. The first-order chi connectivity index (χ1) is 16.3. The molecule has 1 atom stereocenters. The van der Waals surface area contributed by atoms with Crippen LogP contribution < -0.4 is 10.2 Å². The largest absolute Gasteiger partial charge is 0.367 e. The molecule has 1 aromatic carbocycles. The zero-order valence-corrected chi connectivity index (χ0v) is 18.9. The topological polar surface area (TPSA) is 102 Å². The summed E-state index contributed by atoms with van der Waals surface area (Å²) >= 11 is 0. The molecule has 0 spiro atoms. The minimum Gasteiger partial charge on any atom is -0.367 e. The van der Waals surface area contributed by atoms with Gasteiger partial charge >= 0.3 is 0 Å². The normalized spacial score (nSPS) is 21.0. The minimum atomic E-state index is -0.716. The lowest BCUT2D eigenvalue weighted by Crippen LogP contribution is -2.52. The molecule has 5 rings (SSSR count). The van der Waals surface area contributed by atoms with Crippen LogP contribution in [-0.2, 0) is 29.7 Å². The summed E-state index contributed by atoms with van der Waals surface area (Å²) in [5, 5.41) is 11.4. The van der Waals surface area contributed by atoms with Crippen LogP contribution in [0.3, 0.4) is 0 Å². The maximum absolute atomic E-state index is 15.0. The zero-order chi connectivity index (χ0) is 24.0. The lowest BCUT2D eigenvalue weighted by molar-refractivity contribution is -0.136. The van der Waals surface area contributed by atoms with E-state index in [1.165, 1.54) is 11.0 Å². The fraction of sp³-hybridized carbons (Fsp3) is 0.417. The Balaban J connectivity index is 1.26. The van der Waals surface area contributed by atoms with Crippen molar-refractivity contribution in [2.75, 3.05) is 31.1 Å². The van der Waals surface area contributed by atoms with Gasteiger partial charge in [0.1, 0.15) is 23.6 Å². The molecule has 1 unspecified atom stereocenters. The summed E-state index contributed by atoms with van der Waals surface area (Å²) in [5.41, 5.74) is 3.13. The number of fused-ring (bicyclic) bond motifs is 1. The number of piperazine rings is 1. The van der Waals surface area contributed by atoms with E-state index < -0.39 is 17.8 Å². The Bertz CT molecular complexity index is 1220. The van der Waals surface area contributed by atoms with Gasteiger partial charge in [0, 0.05) is 64.5 Å². The molecule has 0 radical (unpaired) electrons. The molecule has 3 aliphatic rings. The molecule has 3 aliphatic heterocycles. The van der Waals surface area contributed by atoms with Crippen LogP contribution in [0.2, 0.25) is 0 Å². The third-order valence-electron chi connectivity index (χ3n) is 6.89. The van der Waals surface area contributed by atoms with Crippen molar-refractivity contribution < 1.29 is 18.8 Å². The van der Waals surface area contributed by atoms with E-state index in [2.05, 4.69) is 16.3 Å². The maximum Gasteiger partial charge on any atom is 0.255 e. The number of benzene rings is 1. The quantitative estimate of drug-likeness (QED) is 0.681. The van der Waals surface area contributed by atoms with E-state index in [4.69, 9.17) is 5.26 Å². The van der Waals surface area contributed by atoms with Crippen LogP contribution in [-0.4, -0.2) is 64.3 Å². The van der Waals surface area contributed by atoms with E-state index >= 15 is 4.39 Å². The van der Waals surface area contributed by atoms with Crippen LogP contribution in [0.4, 0.5) is 10.1 Å². The monoisotopic (exact) mass is 464 g/mol. The summed E-state index contributed by atoms with van der Waals surface area (Å²) < 4.78 is 16.9. The number of anilines is 1. The number of aromatic nitrogens is 1. The molecule has 176 valence electrons. The van der Waals surface area contributed by atoms with Gasteiger partial charge in [-0.05, 0) is 35.7 Å². The Morgan fingerprint density at radius 2 is 1.91 bits per heavy atom. The highest BCUT2D eigenvalue weighted by atomic mass is 19.1. The van der Waals surface area contributed by atoms with Gasteiger partial charge in [-0.2, -0.15) is 5.26 Å². The van der Waals surface area contributed by atoms with Gasteiger partial charge in [0.25, 0.3) is 5.91 Å². The fourth-order valence-corrected chi connectivity index (χ4v) is 5.05. The lowest BCUT2D eigenvalue weighted by Gasteiger charge is -2.36. The van der Waals surface area contributed by atoms with Gasteiger partial charge in [0.05, 0.1) is 5.69 Å². The molecule has 0 saturated carbocycles. The molecular formula is C24H25FN6O3. The number of hydrogen-bond donors (Lipinski definition) is 1. The second-order valence-electron chi connectivity index (χ2n) is 9.08. The van der Waals surface area contributed by atoms with E-state index in [1.807, 2.05) is 28.8 Å². The van der Waals surface area contributed by atoms with Crippen molar-refractivity contribution in [3.63, 3.8) is 0 Å². The maximum atomic E-state index is 15.0.